The number of rotatable bonds is 5. The molecular weight excluding hydrogens is 331 g/mol. The number of hydrogen-bond acceptors (Lipinski definition) is 5. The van der Waals surface area contributed by atoms with Crippen LogP contribution in [0.15, 0.2) is 24.5 Å². The third-order valence-electron chi connectivity index (χ3n) is 2.97. The Morgan fingerprint density at radius 3 is 2.57 bits per heavy atom. The number of benzene rings is 1. The fourth-order valence-electron chi connectivity index (χ4n) is 1.80. The first kappa shape index (κ1) is 17.1. The van der Waals surface area contributed by atoms with Gasteiger partial charge in [0.05, 0.1) is 16.3 Å². The highest BCUT2D eigenvalue weighted by Gasteiger charge is 2.31. The lowest BCUT2D eigenvalue weighted by atomic mass is 10.2. The van der Waals surface area contributed by atoms with E-state index >= 15 is 0 Å². The van der Waals surface area contributed by atoms with Crippen molar-refractivity contribution in [2.45, 2.75) is 19.5 Å². The maximum atomic E-state index is 12.8. The Balaban J connectivity index is 2.32. The number of nitrogens with one attached hydrogen (secondary N) is 2. The van der Waals surface area contributed by atoms with Gasteiger partial charge < -0.3 is 16.4 Å². The highest BCUT2D eigenvalue weighted by atomic mass is 35.5. The zero-order chi connectivity index (χ0) is 17.0. The number of aromatic nitrogens is 2. The van der Waals surface area contributed by atoms with Crippen molar-refractivity contribution in [1.82, 2.24) is 9.97 Å². The zero-order valence-corrected chi connectivity index (χ0v) is 13.0. The van der Waals surface area contributed by atoms with Crippen LogP contribution >= 0.6 is 11.6 Å². The van der Waals surface area contributed by atoms with Crippen molar-refractivity contribution in [1.29, 1.82) is 0 Å². The van der Waals surface area contributed by atoms with E-state index in [0.717, 1.165) is 18.6 Å². The molecule has 1 aromatic carbocycles. The summed E-state index contributed by atoms with van der Waals surface area (Å²) < 4.78 is 38.4. The van der Waals surface area contributed by atoms with Gasteiger partial charge >= 0.3 is 6.18 Å². The minimum Gasteiger partial charge on any atom is -0.393 e. The first-order chi connectivity index (χ1) is 10.8. The molecule has 1 aromatic heterocycles. The smallest absolute Gasteiger partial charge is 0.393 e. The summed E-state index contributed by atoms with van der Waals surface area (Å²) in [5, 5.41) is 5.86. The number of alkyl halides is 3. The van der Waals surface area contributed by atoms with Crippen molar-refractivity contribution < 1.29 is 13.2 Å². The number of halogens is 4. The second kappa shape index (κ2) is 6.91. The predicted molar refractivity (Wildman–Crippen MR) is 85.0 cm³/mol. The van der Waals surface area contributed by atoms with Crippen LogP contribution in [0.1, 0.15) is 18.9 Å². The molecule has 2 rings (SSSR count). The van der Waals surface area contributed by atoms with Crippen molar-refractivity contribution in [3.63, 3.8) is 0 Å². The third-order valence-corrected chi connectivity index (χ3v) is 3.30. The van der Waals surface area contributed by atoms with Gasteiger partial charge in [-0.3, -0.25) is 0 Å². The summed E-state index contributed by atoms with van der Waals surface area (Å²) in [5.74, 6) is 0.590. The van der Waals surface area contributed by atoms with Gasteiger partial charge in [0.2, 0.25) is 0 Å². The van der Waals surface area contributed by atoms with Crippen molar-refractivity contribution in [3.05, 3.63) is 35.1 Å². The van der Waals surface area contributed by atoms with E-state index in [1.54, 1.807) is 0 Å². The van der Waals surface area contributed by atoms with Gasteiger partial charge in [0.1, 0.15) is 12.0 Å². The maximum Gasteiger partial charge on any atom is 0.416 e. The van der Waals surface area contributed by atoms with Crippen LogP contribution in [0.5, 0.6) is 0 Å². The van der Waals surface area contributed by atoms with E-state index in [1.807, 2.05) is 6.92 Å². The fourth-order valence-corrected chi connectivity index (χ4v) is 1.97. The SMILES string of the molecule is CCCNc1ncnc(Nc2cc(C(F)(F)F)ccc2Cl)c1N. The summed E-state index contributed by atoms with van der Waals surface area (Å²) in [5.41, 5.74) is 5.38. The molecule has 1 heterocycles. The molecule has 9 heteroatoms. The van der Waals surface area contributed by atoms with Gasteiger partial charge in [-0.1, -0.05) is 18.5 Å². The molecule has 0 unspecified atom stereocenters. The van der Waals surface area contributed by atoms with Crippen molar-refractivity contribution in [3.8, 4) is 0 Å². The summed E-state index contributed by atoms with van der Waals surface area (Å²) in [6, 6.07) is 2.98. The average Bonchev–Trinajstić information content (AvgIpc) is 2.49. The Morgan fingerprint density at radius 2 is 1.91 bits per heavy atom. The molecule has 0 radical (unpaired) electrons. The molecule has 0 bridgehead atoms. The Hall–Kier alpha value is -2.22. The number of nitrogens with zero attached hydrogens (tertiary/aromatic N) is 2. The van der Waals surface area contributed by atoms with Gasteiger partial charge in [0.25, 0.3) is 0 Å². The number of nitrogens with two attached hydrogens (primary N) is 1. The van der Waals surface area contributed by atoms with Crippen LogP contribution < -0.4 is 16.4 Å². The highest BCUT2D eigenvalue weighted by molar-refractivity contribution is 6.33. The number of hydrogen-bond donors (Lipinski definition) is 3. The monoisotopic (exact) mass is 345 g/mol. The molecule has 2 aromatic rings. The quantitative estimate of drug-likeness (QED) is 0.753. The van der Waals surface area contributed by atoms with Gasteiger partial charge in [-0.15, -0.1) is 0 Å². The highest BCUT2D eigenvalue weighted by Crippen LogP contribution is 2.35. The van der Waals surface area contributed by atoms with Gasteiger partial charge in [-0.2, -0.15) is 13.2 Å². The topological polar surface area (TPSA) is 75.9 Å². The lowest BCUT2D eigenvalue weighted by Crippen LogP contribution is -2.09. The molecule has 0 spiro atoms. The summed E-state index contributed by atoms with van der Waals surface area (Å²) in [6.45, 7) is 2.64. The lowest BCUT2D eigenvalue weighted by molar-refractivity contribution is -0.137. The zero-order valence-electron chi connectivity index (χ0n) is 12.2. The molecule has 0 aliphatic carbocycles. The van der Waals surface area contributed by atoms with Crippen LogP contribution in [-0.4, -0.2) is 16.5 Å². The van der Waals surface area contributed by atoms with Crippen LogP contribution in [0.3, 0.4) is 0 Å². The van der Waals surface area contributed by atoms with E-state index < -0.39 is 11.7 Å². The second-order valence-corrected chi connectivity index (χ2v) is 5.14. The van der Waals surface area contributed by atoms with E-state index in [9.17, 15) is 13.2 Å². The predicted octanol–water partition coefficient (Wildman–Crippen LogP) is 4.30. The van der Waals surface area contributed by atoms with Crippen LogP contribution in [0.25, 0.3) is 0 Å². The molecule has 0 atom stereocenters. The summed E-state index contributed by atoms with van der Waals surface area (Å²) in [7, 11) is 0. The molecule has 124 valence electrons. The molecule has 23 heavy (non-hydrogen) atoms. The minimum atomic E-state index is -4.47. The lowest BCUT2D eigenvalue weighted by Gasteiger charge is -2.14. The molecule has 0 saturated carbocycles. The molecule has 0 amide bonds. The minimum absolute atomic E-state index is 0.0633. The van der Waals surface area contributed by atoms with E-state index in [4.69, 9.17) is 17.3 Å². The Morgan fingerprint density at radius 1 is 1.22 bits per heavy atom. The standard InChI is InChI=1S/C14H15ClF3N5/c1-2-5-20-12-11(19)13(22-7-21-12)23-10-6-8(14(16,17)18)3-4-9(10)15/h3-4,6-7H,2,5,19H2,1H3,(H2,20,21,22,23). The van der Waals surface area contributed by atoms with E-state index in [-0.39, 0.29) is 22.2 Å². The van der Waals surface area contributed by atoms with E-state index in [1.165, 1.54) is 12.4 Å². The largest absolute Gasteiger partial charge is 0.416 e. The first-order valence-corrected chi connectivity index (χ1v) is 7.18. The first-order valence-electron chi connectivity index (χ1n) is 6.81. The molecule has 0 saturated heterocycles. The van der Waals surface area contributed by atoms with Crippen molar-refractivity contribution >= 4 is 34.6 Å². The van der Waals surface area contributed by atoms with Gasteiger partial charge in [0.15, 0.2) is 11.6 Å². The third kappa shape index (κ3) is 4.16. The summed E-state index contributed by atoms with van der Waals surface area (Å²) in [6.07, 6.45) is -2.34. The average molecular weight is 346 g/mol. The van der Waals surface area contributed by atoms with Gasteiger partial charge in [-0.25, -0.2) is 9.97 Å². The Kier molecular flexibility index (Phi) is 5.15. The summed E-state index contributed by atoms with van der Waals surface area (Å²) in [4.78, 5) is 7.95. The molecular formula is C14H15ClF3N5. The second-order valence-electron chi connectivity index (χ2n) is 4.73. The van der Waals surface area contributed by atoms with Crippen LogP contribution in [0.2, 0.25) is 5.02 Å². The molecule has 0 fully saturated rings. The molecule has 5 nitrogen and oxygen atoms in total. The maximum absolute atomic E-state index is 12.8. The van der Waals surface area contributed by atoms with Crippen LogP contribution in [0.4, 0.5) is 36.2 Å². The van der Waals surface area contributed by atoms with Gasteiger partial charge in [0, 0.05) is 6.54 Å². The van der Waals surface area contributed by atoms with E-state index in [2.05, 4.69) is 20.6 Å². The number of anilines is 4. The van der Waals surface area contributed by atoms with Crippen LogP contribution in [0, 0.1) is 0 Å². The van der Waals surface area contributed by atoms with Crippen LogP contribution in [-0.2, 0) is 6.18 Å². The molecule has 4 N–H and O–H groups in total. The van der Waals surface area contributed by atoms with Crippen molar-refractivity contribution in [2.75, 3.05) is 22.9 Å². The Bertz CT molecular complexity index is 691. The molecule has 0 aliphatic heterocycles. The normalized spacial score (nSPS) is 11.3. The number of nitrogen functional groups attached to an aromatic ring is 1. The molecule has 0 aliphatic rings. The van der Waals surface area contributed by atoms with Gasteiger partial charge in [-0.05, 0) is 24.6 Å². The van der Waals surface area contributed by atoms with E-state index in [0.29, 0.717) is 12.4 Å². The summed E-state index contributed by atoms with van der Waals surface area (Å²) >= 11 is 5.94. The Labute approximate surface area is 136 Å². The fraction of sp³-hybridized carbons (Fsp3) is 0.286. The van der Waals surface area contributed by atoms with Crippen molar-refractivity contribution in [2.24, 2.45) is 0 Å².